The van der Waals surface area contributed by atoms with E-state index in [0.29, 0.717) is 6.04 Å². The first-order valence-corrected chi connectivity index (χ1v) is 6.06. The van der Waals surface area contributed by atoms with E-state index >= 15 is 0 Å². The minimum Gasteiger partial charge on any atom is -0.385 e. The Balaban J connectivity index is 2.44. The maximum absolute atomic E-state index is 5.04. The van der Waals surface area contributed by atoms with Gasteiger partial charge in [0, 0.05) is 19.8 Å². The Kier molecular flexibility index (Phi) is 6.12. The fourth-order valence-corrected chi connectivity index (χ4v) is 1.79. The molecule has 0 bridgehead atoms. The Labute approximate surface area is 99.0 Å². The van der Waals surface area contributed by atoms with Gasteiger partial charge in [-0.2, -0.15) is 0 Å². The highest BCUT2D eigenvalue weighted by Crippen LogP contribution is 2.16. The van der Waals surface area contributed by atoms with E-state index in [0.717, 1.165) is 26.0 Å². The third-order valence-corrected chi connectivity index (χ3v) is 2.80. The molecule has 0 radical (unpaired) electrons. The van der Waals surface area contributed by atoms with E-state index in [4.69, 9.17) is 4.74 Å². The Hall–Kier alpha value is -0.860. The van der Waals surface area contributed by atoms with E-state index < -0.39 is 0 Å². The summed E-state index contributed by atoms with van der Waals surface area (Å²) in [7, 11) is 1.75. The van der Waals surface area contributed by atoms with Gasteiger partial charge in [-0.15, -0.1) is 0 Å². The van der Waals surface area contributed by atoms with Crippen LogP contribution in [0.4, 0.5) is 0 Å². The van der Waals surface area contributed by atoms with Crippen molar-refractivity contribution in [1.29, 1.82) is 0 Å². The van der Waals surface area contributed by atoms with Crippen LogP contribution in [-0.2, 0) is 4.74 Å². The van der Waals surface area contributed by atoms with E-state index in [1.54, 1.807) is 7.11 Å². The van der Waals surface area contributed by atoms with E-state index in [1.807, 2.05) is 0 Å². The van der Waals surface area contributed by atoms with Gasteiger partial charge in [0.05, 0.1) is 0 Å². The zero-order valence-corrected chi connectivity index (χ0v) is 10.6. The SMILES string of the molecule is CCC(NCCCOC)c1ccc(C)cc1. The van der Waals surface area contributed by atoms with Gasteiger partial charge >= 0.3 is 0 Å². The molecule has 0 saturated heterocycles. The van der Waals surface area contributed by atoms with E-state index in [-0.39, 0.29) is 0 Å². The van der Waals surface area contributed by atoms with Crippen molar-refractivity contribution in [2.45, 2.75) is 32.7 Å². The molecule has 1 rings (SSSR count). The van der Waals surface area contributed by atoms with Gasteiger partial charge in [-0.3, -0.25) is 0 Å². The zero-order valence-electron chi connectivity index (χ0n) is 10.6. The smallest absolute Gasteiger partial charge is 0.0474 e. The lowest BCUT2D eigenvalue weighted by Gasteiger charge is -2.17. The predicted molar refractivity (Wildman–Crippen MR) is 68.7 cm³/mol. The predicted octanol–water partition coefficient (Wildman–Crippen LogP) is 3.07. The number of benzene rings is 1. The summed E-state index contributed by atoms with van der Waals surface area (Å²) < 4.78 is 5.04. The molecule has 2 heteroatoms. The topological polar surface area (TPSA) is 21.3 Å². The standard InChI is InChI=1S/C14H23NO/c1-4-14(15-10-5-11-16-3)13-8-6-12(2)7-9-13/h6-9,14-15H,4-5,10-11H2,1-3H3. The van der Waals surface area contributed by atoms with Crippen LogP contribution in [0.15, 0.2) is 24.3 Å². The molecule has 2 nitrogen and oxygen atoms in total. The molecule has 1 aromatic carbocycles. The highest BCUT2D eigenvalue weighted by molar-refractivity contribution is 5.23. The van der Waals surface area contributed by atoms with Gasteiger partial charge in [-0.05, 0) is 31.9 Å². The van der Waals surface area contributed by atoms with Crippen LogP contribution in [-0.4, -0.2) is 20.3 Å². The number of nitrogens with one attached hydrogen (secondary N) is 1. The van der Waals surface area contributed by atoms with Gasteiger partial charge in [-0.1, -0.05) is 36.8 Å². The van der Waals surface area contributed by atoms with Crippen LogP contribution in [0.3, 0.4) is 0 Å². The van der Waals surface area contributed by atoms with E-state index in [9.17, 15) is 0 Å². The van der Waals surface area contributed by atoms with Gasteiger partial charge in [0.15, 0.2) is 0 Å². The van der Waals surface area contributed by atoms with Crippen molar-refractivity contribution in [3.8, 4) is 0 Å². The fraction of sp³-hybridized carbons (Fsp3) is 0.571. The number of methoxy groups -OCH3 is 1. The molecule has 1 N–H and O–H groups in total. The summed E-state index contributed by atoms with van der Waals surface area (Å²) in [4.78, 5) is 0. The molecule has 0 amide bonds. The quantitative estimate of drug-likeness (QED) is 0.714. The number of hydrogen-bond donors (Lipinski definition) is 1. The van der Waals surface area contributed by atoms with Crippen molar-refractivity contribution in [2.75, 3.05) is 20.3 Å². The molecule has 16 heavy (non-hydrogen) atoms. The van der Waals surface area contributed by atoms with Crippen LogP contribution in [0.1, 0.15) is 36.9 Å². The fourth-order valence-electron chi connectivity index (χ4n) is 1.79. The first-order valence-electron chi connectivity index (χ1n) is 6.06. The largest absolute Gasteiger partial charge is 0.385 e. The summed E-state index contributed by atoms with van der Waals surface area (Å²) >= 11 is 0. The van der Waals surface area contributed by atoms with Gasteiger partial charge in [0.25, 0.3) is 0 Å². The Bertz CT molecular complexity index is 281. The lowest BCUT2D eigenvalue weighted by atomic mass is 10.0. The van der Waals surface area contributed by atoms with Crippen molar-refractivity contribution in [3.05, 3.63) is 35.4 Å². The maximum atomic E-state index is 5.04. The summed E-state index contributed by atoms with van der Waals surface area (Å²) in [5.41, 5.74) is 2.70. The van der Waals surface area contributed by atoms with Crippen LogP contribution in [0.5, 0.6) is 0 Å². The molecule has 0 spiro atoms. The van der Waals surface area contributed by atoms with Crippen LogP contribution < -0.4 is 5.32 Å². The highest BCUT2D eigenvalue weighted by Gasteiger charge is 2.07. The monoisotopic (exact) mass is 221 g/mol. The molecular weight excluding hydrogens is 198 g/mol. The molecule has 1 aromatic rings. The second-order valence-corrected chi connectivity index (χ2v) is 4.17. The minimum atomic E-state index is 0.470. The van der Waals surface area contributed by atoms with Crippen LogP contribution in [0.2, 0.25) is 0 Å². The molecule has 0 aliphatic rings. The Morgan fingerprint density at radius 3 is 2.50 bits per heavy atom. The Morgan fingerprint density at radius 2 is 1.94 bits per heavy atom. The molecule has 1 atom stereocenters. The molecule has 0 aliphatic carbocycles. The minimum absolute atomic E-state index is 0.470. The van der Waals surface area contributed by atoms with Crippen molar-refractivity contribution in [2.24, 2.45) is 0 Å². The van der Waals surface area contributed by atoms with Gasteiger partial charge in [-0.25, -0.2) is 0 Å². The average Bonchev–Trinajstić information content (AvgIpc) is 2.31. The summed E-state index contributed by atoms with van der Waals surface area (Å²) in [5.74, 6) is 0. The van der Waals surface area contributed by atoms with Crippen LogP contribution >= 0.6 is 0 Å². The van der Waals surface area contributed by atoms with Crippen molar-refractivity contribution in [3.63, 3.8) is 0 Å². The molecule has 1 unspecified atom stereocenters. The first-order chi connectivity index (χ1) is 7.77. The summed E-state index contributed by atoms with van der Waals surface area (Å²) in [6.07, 6.45) is 2.19. The van der Waals surface area contributed by atoms with Gasteiger partial charge < -0.3 is 10.1 Å². The normalized spacial score (nSPS) is 12.7. The number of rotatable bonds is 7. The molecule has 0 fully saturated rings. The second-order valence-electron chi connectivity index (χ2n) is 4.17. The number of hydrogen-bond acceptors (Lipinski definition) is 2. The summed E-state index contributed by atoms with van der Waals surface area (Å²) in [6.45, 7) is 6.18. The average molecular weight is 221 g/mol. The Morgan fingerprint density at radius 1 is 1.25 bits per heavy atom. The maximum Gasteiger partial charge on any atom is 0.0474 e. The summed E-state index contributed by atoms with van der Waals surface area (Å²) in [6, 6.07) is 9.25. The van der Waals surface area contributed by atoms with Crippen molar-refractivity contribution < 1.29 is 4.74 Å². The second kappa shape index (κ2) is 7.42. The molecule has 0 aromatic heterocycles. The molecular formula is C14H23NO. The van der Waals surface area contributed by atoms with Gasteiger partial charge in [0.2, 0.25) is 0 Å². The number of ether oxygens (including phenoxy) is 1. The third kappa shape index (κ3) is 4.33. The number of aryl methyl sites for hydroxylation is 1. The lowest BCUT2D eigenvalue weighted by molar-refractivity contribution is 0.193. The first kappa shape index (κ1) is 13.2. The summed E-state index contributed by atoms with van der Waals surface area (Å²) in [5, 5.41) is 3.56. The molecule has 0 saturated carbocycles. The van der Waals surface area contributed by atoms with Crippen molar-refractivity contribution >= 4 is 0 Å². The van der Waals surface area contributed by atoms with Gasteiger partial charge in [0.1, 0.15) is 0 Å². The molecule has 0 heterocycles. The zero-order chi connectivity index (χ0) is 11.8. The lowest BCUT2D eigenvalue weighted by Crippen LogP contribution is -2.22. The molecule has 0 aliphatic heterocycles. The van der Waals surface area contributed by atoms with E-state index in [2.05, 4.69) is 43.4 Å². The van der Waals surface area contributed by atoms with Crippen LogP contribution in [0, 0.1) is 6.92 Å². The third-order valence-electron chi connectivity index (χ3n) is 2.80. The van der Waals surface area contributed by atoms with E-state index in [1.165, 1.54) is 11.1 Å². The highest BCUT2D eigenvalue weighted by atomic mass is 16.5. The molecule has 90 valence electrons. The van der Waals surface area contributed by atoms with Crippen LogP contribution in [0.25, 0.3) is 0 Å². The van der Waals surface area contributed by atoms with Crippen molar-refractivity contribution in [1.82, 2.24) is 5.32 Å².